The van der Waals surface area contributed by atoms with E-state index in [0.717, 1.165) is 12.8 Å². The van der Waals surface area contributed by atoms with Gasteiger partial charge in [0.2, 0.25) is 0 Å². The van der Waals surface area contributed by atoms with E-state index in [0.29, 0.717) is 5.92 Å². The van der Waals surface area contributed by atoms with E-state index >= 15 is 0 Å². The van der Waals surface area contributed by atoms with Crippen LogP contribution in [0.1, 0.15) is 30.3 Å². The summed E-state index contributed by atoms with van der Waals surface area (Å²) in [4.78, 5) is 19.4. The molecule has 0 aliphatic heterocycles. The second kappa shape index (κ2) is 3.84. The van der Waals surface area contributed by atoms with Crippen LogP contribution in [0.5, 0.6) is 0 Å². The summed E-state index contributed by atoms with van der Waals surface area (Å²) >= 11 is 0. The Morgan fingerprint density at radius 3 is 2.87 bits per heavy atom. The van der Waals surface area contributed by atoms with Crippen LogP contribution in [-0.4, -0.2) is 21.9 Å². The lowest BCUT2D eigenvalue weighted by molar-refractivity contribution is 0.0890. The van der Waals surface area contributed by atoms with Crippen LogP contribution < -0.4 is 11.1 Å². The SMILES string of the molecule is CC1CC(NC(=O)c2cncc(N)n2)C1. The van der Waals surface area contributed by atoms with Crippen molar-refractivity contribution in [2.75, 3.05) is 5.73 Å². The Balaban J connectivity index is 1.96. The topological polar surface area (TPSA) is 80.9 Å². The van der Waals surface area contributed by atoms with Crippen LogP contribution in [0.3, 0.4) is 0 Å². The standard InChI is InChI=1S/C10H14N4O/c1-6-2-7(3-6)13-10(15)8-4-12-5-9(11)14-8/h4-7H,2-3H2,1H3,(H2,11,14)(H,13,15). The summed E-state index contributed by atoms with van der Waals surface area (Å²) in [5.41, 5.74) is 5.73. The van der Waals surface area contributed by atoms with Gasteiger partial charge in [0.25, 0.3) is 5.91 Å². The van der Waals surface area contributed by atoms with Gasteiger partial charge in [0.05, 0.1) is 12.4 Å². The molecule has 80 valence electrons. The van der Waals surface area contributed by atoms with Gasteiger partial charge in [-0.3, -0.25) is 9.78 Å². The number of aromatic nitrogens is 2. The van der Waals surface area contributed by atoms with Crippen molar-refractivity contribution in [1.82, 2.24) is 15.3 Å². The molecule has 1 aromatic heterocycles. The van der Waals surface area contributed by atoms with Crippen molar-refractivity contribution >= 4 is 11.7 Å². The Labute approximate surface area is 88.1 Å². The van der Waals surface area contributed by atoms with Gasteiger partial charge in [0, 0.05) is 6.04 Å². The maximum Gasteiger partial charge on any atom is 0.271 e. The summed E-state index contributed by atoms with van der Waals surface area (Å²) in [5, 5.41) is 2.89. The molecule has 5 heteroatoms. The highest BCUT2D eigenvalue weighted by atomic mass is 16.1. The van der Waals surface area contributed by atoms with Crippen molar-refractivity contribution in [3.8, 4) is 0 Å². The molecule has 0 atom stereocenters. The molecule has 5 nitrogen and oxygen atoms in total. The highest BCUT2D eigenvalue weighted by molar-refractivity contribution is 5.92. The van der Waals surface area contributed by atoms with Gasteiger partial charge in [-0.05, 0) is 18.8 Å². The summed E-state index contributed by atoms with van der Waals surface area (Å²) in [7, 11) is 0. The molecule has 0 saturated heterocycles. The smallest absolute Gasteiger partial charge is 0.271 e. The molecule has 0 aromatic carbocycles. The van der Waals surface area contributed by atoms with Gasteiger partial charge in [-0.25, -0.2) is 4.98 Å². The Hall–Kier alpha value is -1.65. The third-order valence-corrected chi connectivity index (χ3v) is 2.59. The molecule has 2 rings (SSSR count). The molecule has 0 radical (unpaired) electrons. The highest BCUT2D eigenvalue weighted by Crippen LogP contribution is 2.26. The number of anilines is 1. The predicted molar refractivity (Wildman–Crippen MR) is 56.1 cm³/mol. The van der Waals surface area contributed by atoms with Crippen LogP contribution in [-0.2, 0) is 0 Å². The van der Waals surface area contributed by atoms with E-state index in [2.05, 4.69) is 22.2 Å². The first-order valence-electron chi connectivity index (χ1n) is 5.03. The number of carbonyl (C=O) groups is 1. The fourth-order valence-electron chi connectivity index (χ4n) is 1.77. The number of nitrogens with one attached hydrogen (secondary N) is 1. The van der Waals surface area contributed by atoms with Crippen LogP contribution in [0.2, 0.25) is 0 Å². The van der Waals surface area contributed by atoms with Crippen molar-refractivity contribution in [3.05, 3.63) is 18.1 Å². The number of nitrogen functional groups attached to an aromatic ring is 1. The molecule has 3 N–H and O–H groups in total. The largest absolute Gasteiger partial charge is 0.382 e. The maximum atomic E-state index is 11.6. The molecule has 1 aliphatic carbocycles. The van der Waals surface area contributed by atoms with E-state index in [9.17, 15) is 4.79 Å². The normalized spacial score (nSPS) is 24.3. The molecule has 1 saturated carbocycles. The Bertz CT molecular complexity index is 373. The first-order chi connectivity index (χ1) is 7.15. The number of nitrogens with two attached hydrogens (primary N) is 1. The Kier molecular flexibility index (Phi) is 2.53. The summed E-state index contributed by atoms with van der Waals surface area (Å²) < 4.78 is 0. The van der Waals surface area contributed by atoms with Crippen molar-refractivity contribution in [2.24, 2.45) is 5.92 Å². The minimum absolute atomic E-state index is 0.188. The van der Waals surface area contributed by atoms with Gasteiger partial charge in [-0.1, -0.05) is 6.92 Å². The molecule has 1 amide bonds. The molecule has 15 heavy (non-hydrogen) atoms. The monoisotopic (exact) mass is 206 g/mol. The van der Waals surface area contributed by atoms with Gasteiger partial charge < -0.3 is 11.1 Å². The number of rotatable bonds is 2. The van der Waals surface area contributed by atoms with E-state index in [1.54, 1.807) is 0 Å². The molecular weight excluding hydrogens is 192 g/mol. The number of carbonyl (C=O) groups excluding carboxylic acids is 1. The first-order valence-corrected chi connectivity index (χ1v) is 5.03. The van der Waals surface area contributed by atoms with Crippen LogP contribution in [0.4, 0.5) is 5.82 Å². The van der Waals surface area contributed by atoms with Crippen molar-refractivity contribution in [3.63, 3.8) is 0 Å². The van der Waals surface area contributed by atoms with Crippen LogP contribution >= 0.6 is 0 Å². The average Bonchev–Trinajstić information content (AvgIpc) is 2.15. The number of amides is 1. The zero-order chi connectivity index (χ0) is 10.8. The van der Waals surface area contributed by atoms with Crippen molar-refractivity contribution < 1.29 is 4.79 Å². The van der Waals surface area contributed by atoms with E-state index in [-0.39, 0.29) is 23.5 Å². The average molecular weight is 206 g/mol. The predicted octanol–water partition coefficient (Wildman–Crippen LogP) is 0.587. The molecule has 1 aliphatic rings. The quantitative estimate of drug-likeness (QED) is 0.742. The molecule has 1 fully saturated rings. The first kappa shape index (κ1) is 9.89. The molecule has 1 heterocycles. The van der Waals surface area contributed by atoms with E-state index in [1.807, 2.05) is 0 Å². The van der Waals surface area contributed by atoms with Crippen molar-refractivity contribution in [2.45, 2.75) is 25.8 Å². The second-order valence-electron chi connectivity index (χ2n) is 4.08. The number of hydrogen-bond acceptors (Lipinski definition) is 4. The fourth-order valence-corrected chi connectivity index (χ4v) is 1.77. The van der Waals surface area contributed by atoms with Crippen LogP contribution in [0.15, 0.2) is 12.4 Å². The lowest BCUT2D eigenvalue weighted by Gasteiger charge is -2.33. The summed E-state index contributed by atoms with van der Waals surface area (Å²) in [5.74, 6) is 0.790. The molecular formula is C10H14N4O. The maximum absolute atomic E-state index is 11.6. The minimum Gasteiger partial charge on any atom is -0.382 e. The fraction of sp³-hybridized carbons (Fsp3) is 0.500. The van der Waals surface area contributed by atoms with E-state index in [1.165, 1.54) is 12.4 Å². The minimum atomic E-state index is -0.188. The zero-order valence-electron chi connectivity index (χ0n) is 8.60. The van der Waals surface area contributed by atoms with Gasteiger partial charge in [-0.15, -0.1) is 0 Å². The summed E-state index contributed by atoms with van der Waals surface area (Å²) in [6.07, 6.45) is 4.93. The Morgan fingerprint density at radius 2 is 2.27 bits per heavy atom. The molecule has 1 aromatic rings. The van der Waals surface area contributed by atoms with Gasteiger partial charge in [0.15, 0.2) is 0 Å². The summed E-state index contributed by atoms with van der Waals surface area (Å²) in [6, 6.07) is 0.288. The third-order valence-electron chi connectivity index (χ3n) is 2.59. The summed E-state index contributed by atoms with van der Waals surface area (Å²) in [6.45, 7) is 2.17. The van der Waals surface area contributed by atoms with Crippen LogP contribution in [0, 0.1) is 5.92 Å². The van der Waals surface area contributed by atoms with Crippen molar-refractivity contribution in [1.29, 1.82) is 0 Å². The number of nitrogens with zero attached hydrogens (tertiary/aromatic N) is 2. The lowest BCUT2D eigenvalue weighted by atomic mass is 9.82. The van der Waals surface area contributed by atoms with E-state index in [4.69, 9.17) is 5.73 Å². The zero-order valence-corrected chi connectivity index (χ0v) is 8.60. The van der Waals surface area contributed by atoms with Gasteiger partial charge in [-0.2, -0.15) is 0 Å². The van der Waals surface area contributed by atoms with Crippen LogP contribution in [0.25, 0.3) is 0 Å². The highest BCUT2D eigenvalue weighted by Gasteiger charge is 2.27. The lowest BCUT2D eigenvalue weighted by Crippen LogP contribution is -2.43. The third kappa shape index (κ3) is 2.23. The molecule has 0 spiro atoms. The molecule has 0 unspecified atom stereocenters. The second-order valence-corrected chi connectivity index (χ2v) is 4.08. The van der Waals surface area contributed by atoms with Gasteiger partial charge >= 0.3 is 0 Å². The van der Waals surface area contributed by atoms with Gasteiger partial charge in [0.1, 0.15) is 11.5 Å². The molecule has 0 bridgehead atoms. The van der Waals surface area contributed by atoms with E-state index < -0.39 is 0 Å². The number of hydrogen-bond donors (Lipinski definition) is 2. The Morgan fingerprint density at radius 1 is 1.53 bits per heavy atom.